The molecule has 0 unspecified atom stereocenters. The van der Waals surface area contributed by atoms with E-state index in [4.69, 9.17) is 4.74 Å². The first-order valence-corrected chi connectivity index (χ1v) is 6.66. The topological polar surface area (TPSA) is 38.3 Å². The number of amides is 1. The highest BCUT2D eigenvalue weighted by atomic mass is 127. The van der Waals surface area contributed by atoms with Gasteiger partial charge in [-0.2, -0.15) is 0 Å². The van der Waals surface area contributed by atoms with E-state index in [-0.39, 0.29) is 18.3 Å². The number of carbonyl (C=O) groups is 1. The molecule has 3 nitrogen and oxygen atoms in total. The molecular weight excluding hydrogens is 360 g/mol. The molecule has 0 bridgehead atoms. The minimum atomic E-state index is -0.359. The van der Waals surface area contributed by atoms with Gasteiger partial charge in [0.05, 0.1) is 9.26 Å². The quantitative estimate of drug-likeness (QED) is 0.837. The summed E-state index contributed by atoms with van der Waals surface area (Å²) in [7, 11) is 0. The van der Waals surface area contributed by atoms with Crippen LogP contribution in [-0.4, -0.2) is 12.5 Å². The van der Waals surface area contributed by atoms with E-state index >= 15 is 0 Å². The van der Waals surface area contributed by atoms with Crippen LogP contribution in [0.2, 0.25) is 0 Å². The zero-order chi connectivity index (χ0) is 13.7. The summed E-state index contributed by atoms with van der Waals surface area (Å²) in [5.41, 5.74) is 0.447. The van der Waals surface area contributed by atoms with E-state index in [0.717, 1.165) is 0 Å². The van der Waals surface area contributed by atoms with Gasteiger partial charge >= 0.3 is 0 Å². The molecule has 0 atom stereocenters. The molecule has 0 saturated heterocycles. The van der Waals surface area contributed by atoms with E-state index < -0.39 is 0 Å². The van der Waals surface area contributed by atoms with Gasteiger partial charge in [-0.15, -0.1) is 0 Å². The van der Waals surface area contributed by atoms with Crippen molar-refractivity contribution in [2.45, 2.75) is 0 Å². The third kappa shape index (κ3) is 3.92. The van der Waals surface area contributed by atoms with E-state index in [2.05, 4.69) is 5.32 Å². The summed E-state index contributed by atoms with van der Waals surface area (Å²) >= 11 is 1.85. The summed E-state index contributed by atoms with van der Waals surface area (Å²) in [6, 6.07) is 13.6. The van der Waals surface area contributed by atoms with Crippen molar-refractivity contribution in [2.75, 3.05) is 11.9 Å². The van der Waals surface area contributed by atoms with Crippen LogP contribution < -0.4 is 10.1 Å². The lowest BCUT2D eigenvalue weighted by Crippen LogP contribution is -2.20. The number of benzene rings is 2. The van der Waals surface area contributed by atoms with Crippen LogP contribution in [0, 0.1) is 9.39 Å². The fraction of sp³-hybridized carbons (Fsp3) is 0.0714. The molecular formula is C14H11FINO2. The molecule has 0 spiro atoms. The second-order valence-electron chi connectivity index (χ2n) is 3.75. The molecule has 1 amide bonds. The van der Waals surface area contributed by atoms with Gasteiger partial charge in [0.1, 0.15) is 11.6 Å². The molecule has 5 heteroatoms. The molecule has 0 radical (unpaired) electrons. The van der Waals surface area contributed by atoms with Crippen LogP contribution in [-0.2, 0) is 4.79 Å². The highest BCUT2D eigenvalue weighted by Gasteiger charge is 2.09. The first-order chi connectivity index (χ1) is 9.16. The van der Waals surface area contributed by atoms with E-state index in [1.807, 2.05) is 40.8 Å². The van der Waals surface area contributed by atoms with Crippen molar-refractivity contribution >= 4 is 34.2 Å². The molecule has 98 valence electrons. The second-order valence-corrected chi connectivity index (χ2v) is 4.83. The second kappa shape index (κ2) is 6.51. The van der Waals surface area contributed by atoms with Crippen molar-refractivity contribution in [1.29, 1.82) is 0 Å². The standard InChI is InChI=1S/C14H11FINO2/c15-11-7-4-8-12(14(11)16)17-13(18)9-19-10-5-2-1-3-6-10/h1-8H,9H2,(H,17,18). The normalized spacial score (nSPS) is 10.0. The van der Waals surface area contributed by atoms with Gasteiger partial charge in [-0.25, -0.2) is 4.39 Å². The minimum Gasteiger partial charge on any atom is -0.484 e. The number of anilines is 1. The molecule has 0 aromatic heterocycles. The Bertz CT molecular complexity index is 575. The summed E-state index contributed by atoms with van der Waals surface area (Å²) in [6.07, 6.45) is 0. The van der Waals surface area contributed by atoms with Crippen molar-refractivity contribution in [1.82, 2.24) is 0 Å². The van der Waals surface area contributed by atoms with Crippen molar-refractivity contribution in [2.24, 2.45) is 0 Å². The van der Waals surface area contributed by atoms with Crippen LogP contribution in [0.4, 0.5) is 10.1 Å². The van der Waals surface area contributed by atoms with E-state index in [9.17, 15) is 9.18 Å². The zero-order valence-electron chi connectivity index (χ0n) is 9.90. The van der Waals surface area contributed by atoms with Gasteiger partial charge in [0.2, 0.25) is 0 Å². The first kappa shape index (κ1) is 13.8. The Balaban J connectivity index is 1.93. The summed E-state index contributed by atoms with van der Waals surface area (Å²) < 4.78 is 19.0. The van der Waals surface area contributed by atoms with E-state index in [1.165, 1.54) is 6.07 Å². The zero-order valence-corrected chi connectivity index (χ0v) is 12.1. The molecule has 0 saturated carbocycles. The molecule has 0 heterocycles. The highest BCUT2D eigenvalue weighted by molar-refractivity contribution is 14.1. The third-order valence-corrected chi connectivity index (χ3v) is 3.44. The number of hydrogen-bond donors (Lipinski definition) is 1. The molecule has 2 aromatic carbocycles. The van der Waals surface area contributed by atoms with Crippen LogP contribution in [0.3, 0.4) is 0 Å². The summed E-state index contributed by atoms with van der Waals surface area (Å²) in [5, 5.41) is 2.61. The summed E-state index contributed by atoms with van der Waals surface area (Å²) in [5.74, 6) is -0.0682. The van der Waals surface area contributed by atoms with Gasteiger partial charge < -0.3 is 10.1 Å². The largest absolute Gasteiger partial charge is 0.484 e. The number of hydrogen-bond acceptors (Lipinski definition) is 2. The Morgan fingerprint density at radius 2 is 1.89 bits per heavy atom. The van der Waals surface area contributed by atoms with Crippen LogP contribution in [0.15, 0.2) is 48.5 Å². The van der Waals surface area contributed by atoms with Crippen LogP contribution in [0.25, 0.3) is 0 Å². The molecule has 0 aliphatic rings. The molecule has 19 heavy (non-hydrogen) atoms. The number of para-hydroxylation sites is 1. The lowest BCUT2D eigenvalue weighted by atomic mass is 10.3. The third-order valence-electron chi connectivity index (χ3n) is 2.34. The predicted molar refractivity (Wildman–Crippen MR) is 79.7 cm³/mol. The first-order valence-electron chi connectivity index (χ1n) is 5.58. The number of ether oxygens (including phenoxy) is 1. The molecule has 2 aromatic rings. The Hall–Kier alpha value is -1.63. The number of nitrogens with one attached hydrogen (secondary N) is 1. The lowest BCUT2D eigenvalue weighted by molar-refractivity contribution is -0.118. The van der Waals surface area contributed by atoms with Crippen LogP contribution in [0.1, 0.15) is 0 Å². The lowest BCUT2D eigenvalue weighted by Gasteiger charge is -2.09. The maximum absolute atomic E-state index is 13.3. The van der Waals surface area contributed by atoms with Gasteiger partial charge in [-0.3, -0.25) is 4.79 Å². The Labute approximate surface area is 123 Å². The minimum absolute atomic E-state index is 0.114. The maximum atomic E-state index is 13.3. The Morgan fingerprint density at radius 3 is 2.63 bits per heavy atom. The SMILES string of the molecule is O=C(COc1ccccc1)Nc1cccc(F)c1I. The van der Waals surface area contributed by atoms with Crippen molar-refractivity contribution in [3.05, 3.63) is 57.9 Å². The van der Waals surface area contributed by atoms with Crippen molar-refractivity contribution in [3.63, 3.8) is 0 Å². The van der Waals surface area contributed by atoms with Crippen LogP contribution >= 0.6 is 22.6 Å². The highest BCUT2D eigenvalue weighted by Crippen LogP contribution is 2.20. The van der Waals surface area contributed by atoms with Crippen molar-refractivity contribution in [3.8, 4) is 5.75 Å². The monoisotopic (exact) mass is 371 g/mol. The number of halogens is 2. The van der Waals surface area contributed by atoms with Gasteiger partial charge in [-0.1, -0.05) is 24.3 Å². The molecule has 0 fully saturated rings. The molecule has 0 aliphatic carbocycles. The maximum Gasteiger partial charge on any atom is 0.262 e. The smallest absolute Gasteiger partial charge is 0.262 e. The van der Waals surface area contributed by atoms with E-state index in [1.54, 1.807) is 24.3 Å². The van der Waals surface area contributed by atoms with E-state index in [0.29, 0.717) is 15.0 Å². The fourth-order valence-electron chi connectivity index (χ4n) is 1.45. The Morgan fingerprint density at radius 1 is 1.16 bits per heavy atom. The summed E-state index contributed by atoms with van der Waals surface area (Å²) in [4.78, 5) is 11.7. The average Bonchev–Trinajstić information content (AvgIpc) is 2.43. The van der Waals surface area contributed by atoms with Gasteiger partial charge in [0.25, 0.3) is 5.91 Å². The predicted octanol–water partition coefficient (Wildman–Crippen LogP) is 3.45. The fourth-order valence-corrected chi connectivity index (χ4v) is 1.95. The van der Waals surface area contributed by atoms with Crippen LogP contribution in [0.5, 0.6) is 5.75 Å². The van der Waals surface area contributed by atoms with Gasteiger partial charge in [0.15, 0.2) is 6.61 Å². The Kier molecular flexibility index (Phi) is 4.73. The number of carbonyl (C=O) groups excluding carboxylic acids is 1. The molecule has 0 aliphatic heterocycles. The molecule has 1 N–H and O–H groups in total. The summed E-state index contributed by atoms with van der Waals surface area (Å²) in [6.45, 7) is -0.114. The average molecular weight is 371 g/mol. The van der Waals surface area contributed by atoms with Gasteiger partial charge in [0, 0.05) is 0 Å². The van der Waals surface area contributed by atoms with Crippen molar-refractivity contribution < 1.29 is 13.9 Å². The number of rotatable bonds is 4. The van der Waals surface area contributed by atoms with Gasteiger partial charge in [-0.05, 0) is 46.9 Å². The molecule has 2 rings (SSSR count).